The first-order valence-corrected chi connectivity index (χ1v) is 8.91. The highest BCUT2D eigenvalue weighted by Gasteiger charge is 1.98. The van der Waals surface area contributed by atoms with Crippen LogP contribution >= 0.6 is 0 Å². The summed E-state index contributed by atoms with van der Waals surface area (Å²) in [6.45, 7) is 10.3. The molecule has 0 amide bonds. The molecule has 0 radical (unpaired) electrons. The first-order valence-electron chi connectivity index (χ1n) is 8.91. The SMILES string of the molecule is C=C(NCCN/C(C)=C/Cc1ccccc1C)NCc1cccc(F)c1. The summed E-state index contributed by atoms with van der Waals surface area (Å²) >= 11 is 0. The molecule has 2 aromatic carbocycles. The van der Waals surface area contributed by atoms with Gasteiger partial charge in [-0.05, 0) is 49.1 Å². The van der Waals surface area contributed by atoms with Gasteiger partial charge in [0.05, 0.1) is 5.82 Å². The smallest absolute Gasteiger partial charge is 0.123 e. The number of benzene rings is 2. The molecule has 0 aliphatic heterocycles. The summed E-state index contributed by atoms with van der Waals surface area (Å²) < 4.78 is 13.1. The van der Waals surface area contributed by atoms with Crippen LogP contribution in [0.2, 0.25) is 0 Å². The second-order valence-corrected chi connectivity index (χ2v) is 6.33. The molecule has 138 valence electrons. The van der Waals surface area contributed by atoms with Crippen LogP contribution in [0.3, 0.4) is 0 Å². The van der Waals surface area contributed by atoms with E-state index in [0.717, 1.165) is 36.6 Å². The molecule has 3 N–H and O–H groups in total. The van der Waals surface area contributed by atoms with Crippen molar-refractivity contribution in [3.05, 3.63) is 95.2 Å². The Morgan fingerprint density at radius 1 is 1.04 bits per heavy atom. The molecule has 0 atom stereocenters. The molecule has 26 heavy (non-hydrogen) atoms. The van der Waals surface area contributed by atoms with E-state index in [1.807, 2.05) is 6.07 Å². The van der Waals surface area contributed by atoms with Crippen LogP contribution in [0.1, 0.15) is 23.6 Å². The fraction of sp³-hybridized carbons (Fsp3) is 0.273. The lowest BCUT2D eigenvalue weighted by atomic mass is 10.1. The molecule has 0 saturated heterocycles. The van der Waals surface area contributed by atoms with E-state index in [2.05, 4.69) is 66.7 Å². The molecule has 0 aliphatic rings. The summed E-state index contributed by atoms with van der Waals surface area (Å²) in [6, 6.07) is 15.0. The van der Waals surface area contributed by atoms with Gasteiger partial charge in [-0.25, -0.2) is 4.39 Å². The molecule has 0 heterocycles. The normalized spacial score (nSPS) is 11.1. The summed E-state index contributed by atoms with van der Waals surface area (Å²) in [5.74, 6) is 0.512. The van der Waals surface area contributed by atoms with Gasteiger partial charge in [-0.3, -0.25) is 0 Å². The Labute approximate surface area is 156 Å². The zero-order valence-corrected chi connectivity index (χ0v) is 15.6. The highest BCUT2D eigenvalue weighted by Crippen LogP contribution is 2.08. The number of aryl methyl sites for hydroxylation is 1. The second-order valence-electron chi connectivity index (χ2n) is 6.33. The van der Waals surface area contributed by atoms with Gasteiger partial charge in [0.15, 0.2) is 0 Å². The molecule has 0 fully saturated rings. The molecule has 0 bridgehead atoms. The first kappa shape index (κ1) is 19.6. The van der Waals surface area contributed by atoms with Crippen LogP contribution in [0.25, 0.3) is 0 Å². The van der Waals surface area contributed by atoms with Crippen molar-refractivity contribution in [1.82, 2.24) is 16.0 Å². The molecule has 0 aromatic heterocycles. The van der Waals surface area contributed by atoms with Crippen LogP contribution in [0.4, 0.5) is 4.39 Å². The number of hydrogen-bond acceptors (Lipinski definition) is 3. The van der Waals surface area contributed by atoms with Gasteiger partial charge in [-0.15, -0.1) is 0 Å². The molecular formula is C22H28FN3. The molecule has 0 saturated carbocycles. The van der Waals surface area contributed by atoms with Gasteiger partial charge in [-0.2, -0.15) is 0 Å². The maximum atomic E-state index is 13.1. The molecule has 4 heteroatoms. The predicted octanol–water partition coefficient (Wildman–Crippen LogP) is 4.02. The largest absolute Gasteiger partial charge is 0.387 e. The summed E-state index contributed by atoms with van der Waals surface area (Å²) in [5, 5.41) is 9.76. The standard InChI is InChI=1S/C22H28FN3/c1-17-7-4-5-9-21(17)12-11-18(2)24-13-14-25-19(3)26-16-20-8-6-10-22(23)15-20/h4-11,15,24-26H,3,12-14,16H2,1-2H3/b18-11+. The fourth-order valence-corrected chi connectivity index (χ4v) is 2.57. The molecule has 0 unspecified atom stereocenters. The van der Waals surface area contributed by atoms with Gasteiger partial charge >= 0.3 is 0 Å². The van der Waals surface area contributed by atoms with Gasteiger partial charge in [0.25, 0.3) is 0 Å². The summed E-state index contributed by atoms with van der Waals surface area (Å²) in [5.41, 5.74) is 4.72. The third-order valence-corrected chi connectivity index (χ3v) is 4.15. The predicted molar refractivity (Wildman–Crippen MR) is 107 cm³/mol. The van der Waals surface area contributed by atoms with Crippen molar-refractivity contribution in [2.75, 3.05) is 13.1 Å². The van der Waals surface area contributed by atoms with E-state index in [4.69, 9.17) is 0 Å². The minimum atomic E-state index is -0.222. The molecule has 2 aromatic rings. The van der Waals surface area contributed by atoms with E-state index in [9.17, 15) is 4.39 Å². The summed E-state index contributed by atoms with van der Waals surface area (Å²) in [7, 11) is 0. The van der Waals surface area contributed by atoms with Crippen molar-refractivity contribution in [2.24, 2.45) is 0 Å². The van der Waals surface area contributed by atoms with Crippen LogP contribution in [0.15, 0.2) is 72.7 Å². The zero-order valence-electron chi connectivity index (χ0n) is 15.6. The van der Waals surface area contributed by atoms with Crippen molar-refractivity contribution in [3.63, 3.8) is 0 Å². The first-order chi connectivity index (χ1) is 12.5. The van der Waals surface area contributed by atoms with E-state index < -0.39 is 0 Å². The van der Waals surface area contributed by atoms with Crippen molar-refractivity contribution in [2.45, 2.75) is 26.8 Å². The highest BCUT2D eigenvalue weighted by molar-refractivity contribution is 5.27. The molecule has 2 rings (SSSR count). The second kappa shape index (κ2) is 10.3. The van der Waals surface area contributed by atoms with E-state index in [1.54, 1.807) is 6.07 Å². The van der Waals surface area contributed by atoms with E-state index >= 15 is 0 Å². The quantitative estimate of drug-likeness (QED) is 0.565. The molecule has 0 aliphatic carbocycles. The van der Waals surface area contributed by atoms with E-state index in [0.29, 0.717) is 6.54 Å². The van der Waals surface area contributed by atoms with E-state index in [-0.39, 0.29) is 5.82 Å². The van der Waals surface area contributed by atoms with Gasteiger partial charge in [0.1, 0.15) is 5.82 Å². The van der Waals surface area contributed by atoms with E-state index in [1.165, 1.54) is 23.3 Å². The minimum absolute atomic E-state index is 0.222. The molecular weight excluding hydrogens is 325 g/mol. The Bertz CT molecular complexity index is 753. The monoisotopic (exact) mass is 353 g/mol. The third-order valence-electron chi connectivity index (χ3n) is 4.15. The lowest BCUT2D eigenvalue weighted by molar-refractivity contribution is 0.620. The van der Waals surface area contributed by atoms with Crippen molar-refractivity contribution in [1.29, 1.82) is 0 Å². The number of rotatable bonds is 10. The number of halogens is 1. The number of nitrogens with one attached hydrogen (secondary N) is 3. The van der Waals surface area contributed by atoms with Crippen LogP contribution < -0.4 is 16.0 Å². The Morgan fingerprint density at radius 3 is 2.58 bits per heavy atom. The van der Waals surface area contributed by atoms with Crippen LogP contribution in [-0.2, 0) is 13.0 Å². The molecule has 3 nitrogen and oxygen atoms in total. The lowest BCUT2D eigenvalue weighted by Crippen LogP contribution is -2.31. The Kier molecular flexibility index (Phi) is 7.75. The summed E-state index contributed by atoms with van der Waals surface area (Å²) in [6.07, 6.45) is 3.14. The average Bonchev–Trinajstić information content (AvgIpc) is 2.63. The average molecular weight is 353 g/mol. The Morgan fingerprint density at radius 2 is 1.81 bits per heavy atom. The van der Waals surface area contributed by atoms with Crippen LogP contribution in [0, 0.1) is 12.7 Å². The highest BCUT2D eigenvalue weighted by atomic mass is 19.1. The minimum Gasteiger partial charge on any atom is -0.387 e. The van der Waals surface area contributed by atoms with Crippen molar-refractivity contribution < 1.29 is 4.39 Å². The lowest BCUT2D eigenvalue weighted by Gasteiger charge is -2.13. The Hall–Kier alpha value is -2.75. The van der Waals surface area contributed by atoms with Gasteiger partial charge in [-0.1, -0.05) is 49.1 Å². The maximum absolute atomic E-state index is 13.1. The van der Waals surface area contributed by atoms with Crippen molar-refractivity contribution >= 4 is 0 Å². The number of allylic oxidation sites excluding steroid dienone is 2. The van der Waals surface area contributed by atoms with Crippen molar-refractivity contribution in [3.8, 4) is 0 Å². The number of hydrogen-bond donors (Lipinski definition) is 3. The van der Waals surface area contributed by atoms with Gasteiger partial charge in [0, 0.05) is 25.3 Å². The fourth-order valence-electron chi connectivity index (χ4n) is 2.57. The topological polar surface area (TPSA) is 36.1 Å². The van der Waals surface area contributed by atoms with Crippen LogP contribution in [-0.4, -0.2) is 13.1 Å². The zero-order chi connectivity index (χ0) is 18.8. The van der Waals surface area contributed by atoms with Gasteiger partial charge < -0.3 is 16.0 Å². The maximum Gasteiger partial charge on any atom is 0.123 e. The molecule has 0 spiro atoms. The van der Waals surface area contributed by atoms with Gasteiger partial charge in [0.2, 0.25) is 0 Å². The Balaban J connectivity index is 1.62. The third kappa shape index (κ3) is 7.01. The summed E-state index contributed by atoms with van der Waals surface area (Å²) in [4.78, 5) is 0. The van der Waals surface area contributed by atoms with Crippen LogP contribution in [0.5, 0.6) is 0 Å².